The van der Waals surface area contributed by atoms with Gasteiger partial charge in [0.15, 0.2) is 0 Å². The summed E-state index contributed by atoms with van der Waals surface area (Å²) in [5.74, 6) is -0.851. The maximum absolute atomic E-state index is 11.9. The fourth-order valence-corrected chi connectivity index (χ4v) is 1.69. The highest BCUT2D eigenvalue weighted by Crippen LogP contribution is 2.22. The number of hydrogen-bond donors (Lipinski definition) is 2. The number of nitro benzene ring substituents is 1. The van der Waals surface area contributed by atoms with E-state index in [4.69, 9.17) is 0 Å². The van der Waals surface area contributed by atoms with Crippen LogP contribution in [0.5, 0.6) is 5.75 Å². The lowest BCUT2D eigenvalue weighted by atomic mass is 10.1. The van der Waals surface area contributed by atoms with Crippen LogP contribution in [-0.2, 0) is 6.54 Å². The Morgan fingerprint density at radius 2 is 1.90 bits per heavy atom. The molecule has 2 aromatic carbocycles. The first kappa shape index (κ1) is 13.5. The van der Waals surface area contributed by atoms with Gasteiger partial charge in [0, 0.05) is 18.7 Å². The number of non-ortho nitro benzene ring substituents is 1. The van der Waals surface area contributed by atoms with Gasteiger partial charge < -0.3 is 10.4 Å². The van der Waals surface area contributed by atoms with Crippen LogP contribution < -0.4 is 5.32 Å². The Kier molecular flexibility index (Phi) is 3.95. The normalized spacial score (nSPS) is 10.0. The molecule has 0 spiro atoms. The monoisotopic (exact) mass is 272 g/mol. The first-order chi connectivity index (χ1) is 9.58. The fourth-order valence-electron chi connectivity index (χ4n) is 1.69. The summed E-state index contributed by atoms with van der Waals surface area (Å²) in [5.41, 5.74) is 0.536. The number of hydrogen-bond acceptors (Lipinski definition) is 4. The number of phenols is 1. The van der Waals surface area contributed by atoms with Crippen LogP contribution in [0, 0.1) is 10.1 Å². The largest absolute Gasteiger partial charge is 0.507 e. The van der Waals surface area contributed by atoms with Gasteiger partial charge in [0.1, 0.15) is 5.75 Å². The van der Waals surface area contributed by atoms with Gasteiger partial charge in [-0.25, -0.2) is 0 Å². The average molecular weight is 272 g/mol. The average Bonchev–Trinajstić information content (AvgIpc) is 2.46. The Labute approximate surface area is 114 Å². The van der Waals surface area contributed by atoms with Gasteiger partial charge in [-0.05, 0) is 11.6 Å². The van der Waals surface area contributed by atoms with Crippen molar-refractivity contribution in [2.45, 2.75) is 6.54 Å². The first-order valence-corrected chi connectivity index (χ1v) is 5.87. The molecule has 6 heteroatoms. The molecule has 0 atom stereocenters. The molecule has 0 radical (unpaired) electrons. The van der Waals surface area contributed by atoms with E-state index in [-0.39, 0.29) is 23.5 Å². The number of benzene rings is 2. The molecule has 0 heterocycles. The molecule has 2 N–H and O–H groups in total. The predicted molar refractivity (Wildman–Crippen MR) is 72.4 cm³/mol. The lowest BCUT2D eigenvalue weighted by molar-refractivity contribution is -0.384. The second kappa shape index (κ2) is 5.83. The van der Waals surface area contributed by atoms with Crippen LogP contribution in [0.3, 0.4) is 0 Å². The minimum Gasteiger partial charge on any atom is -0.507 e. The van der Waals surface area contributed by atoms with Gasteiger partial charge in [0.05, 0.1) is 10.5 Å². The second-order valence-corrected chi connectivity index (χ2v) is 4.13. The minimum absolute atomic E-state index is 0.116. The molecule has 6 nitrogen and oxygen atoms in total. The molecule has 2 aromatic rings. The highest BCUT2D eigenvalue weighted by molar-refractivity contribution is 5.97. The van der Waals surface area contributed by atoms with E-state index in [1.807, 2.05) is 30.3 Å². The van der Waals surface area contributed by atoms with Crippen molar-refractivity contribution in [1.29, 1.82) is 0 Å². The van der Waals surface area contributed by atoms with E-state index in [2.05, 4.69) is 5.32 Å². The summed E-state index contributed by atoms with van der Waals surface area (Å²) in [6.45, 7) is 0.280. The van der Waals surface area contributed by atoms with Crippen LogP contribution in [-0.4, -0.2) is 15.9 Å². The highest BCUT2D eigenvalue weighted by Gasteiger charge is 2.16. The number of rotatable bonds is 4. The summed E-state index contributed by atoms with van der Waals surface area (Å²) < 4.78 is 0. The lowest BCUT2D eigenvalue weighted by Gasteiger charge is -2.06. The van der Waals surface area contributed by atoms with Crippen molar-refractivity contribution in [2.75, 3.05) is 0 Å². The number of nitro groups is 1. The van der Waals surface area contributed by atoms with E-state index in [1.54, 1.807) is 0 Å². The van der Waals surface area contributed by atoms with Crippen LogP contribution in [0.1, 0.15) is 15.9 Å². The fraction of sp³-hybridized carbons (Fsp3) is 0.0714. The van der Waals surface area contributed by atoms with Gasteiger partial charge in [-0.2, -0.15) is 0 Å². The Hall–Kier alpha value is -2.89. The third-order valence-corrected chi connectivity index (χ3v) is 2.73. The lowest BCUT2D eigenvalue weighted by Crippen LogP contribution is -2.22. The zero-order valence-electron chi connectivity index (χ0n) is 10.4. The summed E-state index contributed by atoms with van der Waals surface area (Å²) in [4.78, 5) is 22.0. The van der Waals surface area contributed by atoms with Gasteiger partial charge in [0.25, 0.3) is 11.6 Å². The molecule has 0 saturated carbocycles. The van der Waals surface area contributed by atoms with Crippen molar-refractivity contribution in [3.05, 3.63) is 69.8 Å². The van der Waals surface area contributed by atoms with Crippen LogP contribution >= 0.6 is 0 Å². The molecule has 0 saturated heterocycles. The molecular formula is C14H12N2O4. The molecule has 1 amide bonds. The van der Waals surface area contributed by atoms with Crippen molar-refractivity contribution in [3.63, 3.8) is 0 Å². The molecule has 0 bridgehead atoms. The Morgan fingerprint density at radius 3 is 2.55 bits per heavy atom. The number of carbonyl (C=O) groups excluding carboxylic acids is 1. The predicted octanol–water partition coefficient (Wildman–Crippen LogP) is 2.23. The zero-order valence-corrected chi connectivity index (χ0v) is 10.4. The molecule has 0 aliphatic carbocycles. The summed E-state index contributed by atoms with van der Waals surface area (Å²) in [6.07, 6.45) is 0. The van der Waals surface area contributed by atoms with Crippen LogP contribution in [0.25, 0.3) is 0 Å². The summed E-state index contributed by atoms with van der Waals surface area (Å²) >= 11 is 0. The van der Waals surface area contributed by atoms with E-state index in [9.17, 15) is 20.0 Å². The first-order valence-electron chi connectivity index (χ1n) is 5.87. The van der Waals surface area contributed by atoms with E-state index in [0.717, 1.165) is 23.8 Å². The molecule has 102 valence electrons. The molecule has 0 aromatic heterocycles. The van der Waals surface area contributed by atoms with E-state index in [1.165, 1.54) is 0 Å². The topological polar surface area (TPSA) is 92.5 Å². The van der Waals surface area contributed by atoms with E-state index in [0.29, 0.717) is 0 Å². The van der Waals surface area contributed by atoms with Crippen molar-refractivity contribution in [1.82, 2.24) is 5.32 Å². The van der Waals surface area contributed by atoms with Crippen LogP contribution in [0.2, 0.25) is 0 Å². The van der Waals surface area contributed by atoms with E-state index < -0.39 is 10.8 Å². The molecular weight excluding hydrogens is 260 g/mol. The molecule has 20 heavy (non-hydrogen) atoms. The number of carbonyl (C=O) groups is 1. The maximum atomic E-state index is 11.9. The number of phenolic OH excluding ortho intramolecular Hbond substituents is 1. The van der Waals surface area contributed by atoms with Crippen molar-refractivity contribution in [3.8, 4) is 5.75 Å². The van der Waals surface area contributed by atoms with Crippen molar-refractivity contribution in [2.24, 2.45) is 0 Å². The second-order valence-electron chi connectivity index (χ2n) is 4.13. The number of aromatic hydroxyl groups is 1. The van der Waals surface area contributed by atoms with Crippen molar-refractivity contribution >= 4 is 11.6 Å². The summed E-state index contributed by atoms with van der Waals surface area (Å²) in [6, 6.07) is 12.5. The molecule has 0 unspecified atom stereocenters. The molecule has 0 fully saturated rings. The highest BCUT2D eigenvalue weighted by atomic mass is 16.6. The van der Waals surface area contributed by atoms with Crippen molar-refractivity contribution < 1.29 is 14.8 Å². The third kappa shape index (κ3) is 3.11. The maximum Gasteiger partial charge on any atom is 0.270 e. The number of nitrogens with zero attached hydrogens (tertiary/aromatic N) is 1. The quantitative estimate of drug-likeness (QED) is 0.659. The van der Waals surface area contributed by atoms with Gasteiger partial charge in [-0.3, -0.25) is 14.9 Å². The molecule has 0 aliphatic heterocycles. The number of amides is 1. The SMILES string of the molecule is O=C(NCc1ccccc1)c1cc([N+](=O)[O-])ccc1O. The van der Waals surface area contributed by atoms with Crippen LogP contribution in [0.4, 0.5) is 5.69 Å². The third-order valence-electron chi connectivity index (χ3n) is 2.73. The Bertz CT molecular complexity index is 641. The minimum atomic E-state index is -0.618. The Balaban J connectivity index is 2.13. The smallest absolute Gasteiger partial charge is 0.270 e. The van der Waals surface area contributed by atoms with E-state index >= 15 is 0 Å². The Morgan fingerprint density at radius 1 is 1.20 bits per heavy atom. The van der Waals surface area contributed by atoms with Crippen LogP contribution in [0.15, 0.2) is 48.5 Å². The van der Waals surface area contributed by atoms with Gasteiger partial charge in [0.2, 0.25) is 0 Å². The number of nitrogens with one attached hydrogen (secondary N) is 1. The molecule has 2 rings (SSSR count). The standard InChI is InChI=1S/C14H12N2O4/c17-13-7-6-11(16(19)20)8-12(13)14(18)15-9-10-4-2-1-3-5-10/h1-8,17H,9H2,(H,15,18). The zero-order chi connectivity index (χ0) is 14.5. The summed E-state index contributed by atoms with van der Waals surface area (Å²) in [7, 11) is 0. The van der Waals surface area contributed by atoms with Gasteiger partial charge in [-0.1, -0.05) is 30.3 Å². The summed E-state index contributed by atoms with van der Waals surface area (Å²) in [5, 5.41) is 22.9. The van der Waals surface area contributed by atoms with Gasteiger partial charge >= 0.3 is 0 Å². The molecule has 0 aliphatic rings. The van der Waals surface area contributed by atoms with Gasteiger partial charge in [-0.15, -0.1) is 0 Å².